The zero-order chi connectivity index (χ0) is 21.8. The first-order valence-corrected chi connectivity index (χ1v) is 11.4. The standard InChI is InChI=1S/C22H21N5O2S2/c1-14-5-3-6-16(13-14)25-22(29)23-10-11-27-19(28)9-8-17(26-27)20-15(2)24-21(31-20)18-7-4-12-30-18/h3-9,12-13H,10-11H2,1-2H3,(H2,23,25,29). The molecule has 1 aromatic carbocycles. The van der Waals surface area contributed by atoms with Crippen molar-refractivity contribution in [3.05, 3.63) is 75.5 Å². The first-order valence-electron chi connectivity index (χ1n) is 9.71. The third-order valence-corrected chi connectivity index (χ3v) is 6.73. The van der Waals surface area contributed by atoms with E-state index in [1.807, 2.05) is 55.6 Å². The summed E-state index contributed by atoms with van der Waals surface area (Å²) in [6.45, 7) is 4.44. The highest BCUT2D eigenvalue weighted by molar-refractivity contribution is 7.23. The summed E-state index contributed by atoms with van der Waals surface area (Å²) < 4.78 is 1.37. The van der Waals surface area contributed by atoms with Gasteiger partial charge in [0.1, 0.15) is 10.7 Å². The molecule has 0 unspecified atom stereocenters. The number of urea groups is 1. The minimum atomic E-state index is -0.325. The van der Waals surface area contributed by atoms with Crippen LogP contribution in [0.5, 0.6) is 0 Å². The SMILES string of the molecule is Cc1cccc(NC(=O)NCCn2nc(-c3sc(-c4cccs4)nc3C)ccc2=O)c1. The average Bonchev–Trinajstić information content (AvgIpc) is 3.39. The van der Waals surface area contributed by atoms with Gasteiger partial charge in [-0.2, -0.15) is 5.10 Å². The van der Waals surface area contributed by atoms with Crippen LogP contribution in [0.15, 0.2) is 58.7 Å². The van der Waals surface area contributed by atoms with E-state index in [0.29, 0.717) is 5.69 Å². The Hall–Kier alpha value is -3.30. The normalized spacial score (nSPS) is 10.8. The zero-order valence-corrected chi connectivity index (χ0v) is 18.7. The zero-order valence-electron chi connectivity index (χ0n) is 17.1. The molecule has 0 spiro atoms. The van der Waals surface area contributed by atoms with Crippen molar-refractivity contribution in [2.24, 2.45) is 0 Å². The largest absolute Gasteiger partial charge is 0.336 e. The van der Waals surface area contributed by atoms with Gasteiger partial charge in [-0.3, -0.25) is 4.79 Å². The summed E-state index contributed by atoms with van der Waals surface area (Å²) in [5, 5.41) is 13.0. The molecule has 0 saturated carbocycles. The van der Waals surface area contributed by atoms with Crippen molar-refractivity contribution in [2.75, 3.05) is 11.9 Å². The maximum absolute atomic E-state index is 12.2. The van der Waals surface area contributed by atoms with Gasteiger partial charge in [-0.25, -0.2) is 14.5 Å². The summed E-state index contributed by atoms with van der Waals surface area (Å²) in [5.74, 6) is 0. The van der Waals surface area contributed by atoms with Gasteiger partial charge >= 0.3 is 6.03 Å². The quantitative estimate of drug-likeness (QED) is 0.451. The molecule has 7 nitrogen and oxygen atoms in total. The molecule has 0 aliphatic rings. The van der Waals surface area contributed by atoms with E-state index in [4.69, 9.17) is 0 Å². The van der Waals surface area contributed by atoms with Gasteiger partial charge in [-0.15, -0.1) is 22.7 Å². The average molecular weight is 452 g/mol. The first kappa shape index (κ1) is 21.0. The van der Waals surface area contributed by atoms with E-state index in [1.165, 1.54) is 10.7 Å². The summed E-state index contributed by atoms with van der Waals surface area (Å²) in [6, 6.07) is 14.5. The van der Waals surface area contributed by atoms with Gasteiger partial charge in [-0.1, -0.05) is 18.2 Å². The number of thiazole rings is 1. The van der Waals surface area contributed by atoms with Gasteiger partial charge in [0.15, 0.2) is 0 Å². The molecule has 3 aromatic heterocycles. The Morgan fingerprint density at radius 3 is 2.77 bits per heavy atom. The fraction of sp³-hybridized carbons (Fsp3) is 0.182. The second kappa shape index (κ2) is 9.23. The number of hydrogen-bond donors (Lipinski definition) is 2. The molecule has 0 bridgehead atoms. The Morgan fingerprint density at radius 2 is 2.00 bits per heavy atom. The van der Waals surface area contributed by atoms with Crippen molar-refractivity contribution in [1.29, 1.82) is 0 Å². The molecule has 0 fully saturated rings. The third kappa shape index (κ3) is 5.07. The van der Waals surface area contributed by atoms with E-state index in [-0.39, 0.29) is 24.7 Å². The molecular formula is C22H21N5O2S2. The molecule has 4 rings (SSSR count). The van der Waals surface area contributed by atoms with Gasteiger partial charge in [-0.05, 0) is 49.1 Å². The number of hydrogen-bond acceptors (Lipinski definition) is 6. The minimum Gasteiger partial charge on any atom is -0.336 e. The molecule has 4 aromatic rings. The van der Waals surface area contributed by atoms with E-state index in [9.17, 15) is 9.59 Å². The molecule has 0 atom stereocenters. The lowest BCUT2D eigenvalue weighted by atomic mass is 10.2. The number of aryl methyl sites for hydroxylation is 2. The lowest BCUT2D eigenvalue weighted by Crippen LogP contribution is -2.34. The Morgan fingerprint density at radius 1 is 1.13 bits per heavy atom. The first-order chi connectivity index (χ1) is 15.0. The van der Waals surface area contributed by atoms with E-state index in [1.54, 1.807) is 28.7 Å². The number of amides is 2. The predicted molar refractivity (Wildman–Crippen MR) is 126 cm³/mol. The number of nitrogens with zero attached hydrogens (tertiary/aromatic N) is 3. The highest BCUT2D eigenvalue weighted by atomic mass is 32.1. The van der Waals surface area contributed by atoms with Gasteiger partial charge < -0.3 is 10.6 Å². The Balaban J connectivity index is 1.43. The highest BCUT2D eigenvalue weighted by Gasteiger charge is 2.14. The smallest absolute Gasteiger partial charge is 0.319 e. The highest BCUT2D eigenvalue weighted by Crippen LogP contribution is 2.35. The monoisotopic (exact) mass is 451 g/mol. The van der Waals surface area contributed by atoms with Crippen LogP contribution in [0.3, 0.4) is 0 Å². The molecular weight excluding hydrogens is 430 g/mol. The van der Waals surface area contributed by atoms with Crippen molar-refractivity contribution >= 4 is 34.4 Å². The van der Waals surface area contributed by atoms with E-state index < -0.39 is 0 Å². The lowest BCUT2D eigenvalue weighted by Gasteiger charge is -2.09. The second-order valence-corrected chi connectivity index (χ2v) is 8.89. The van der Waals surface area contributed by atoms with Crippen LogP contribution in [0.25, 0.3) is 20.5 Å². The van der Waals surface area contributed by atoms with Crippen LogP contribution >= 0.6 is 22.7 Å². The van der Waals surface area contributed by atoms with Crippen LogP contribution in [0.1, 0.15) is 11.3 Å². The topological polar surface area (TPSA) is 88.9 Å². The molecule has 0 saturated heterocycles. The molecule has 2 amide bonds. The van der Waals surface area contributed by atoms with Gasteiger partial charge in [0, 0.05) is 18.3 Å². The van der Waals surface area contributed by atoms with Crippen LogP contribution in [0, 0.1) is 13.8 Å². The van der Waals surface area contributed by atoms with Gasteiger partial charge in [0.25, 0.3) is 5.56 Å². The van der Waals surface area contributed by atoms with Crippen molar-refractivity contribution in [2.45, 2.75) is 20.4 Å². The summed E-state index contributed by atoms with van der Waals surface area (Å²) in [5.41, 5.74) is 3.14. The molecule has 3 heterocycles. The molecule has 9 heteroatoms. The van der Waals surface area contributed by atoms with Crippen molar-refractivity contribution in [3.63, 3.8) is 0 Å². The van der Waals surface area contributed by atoms with Gasteiger partial charge in [0.05, 0.1) is 22.0 Å². The molecule has 0 aliphatic heterocycles. The Kier molecular flexibility index (Phi) is 6.24. The van der Waals surface area contributed by atoms with Crippen LogP contribution in [-0.2, 0) is 6.54 Å². The van der Waals surface area contributed by atoms with E-state index >= 15 is 0 Å². The van der Waals surface area contributed by atoms with E-state index in [0.717, 1.165) is 31.7 Å². The summed E-state index contributed by atoms with van der Waals surface area (Å²) in [6.07, 6.45) is 0. The minimum absolute atomic E-state index is 0.217. The van der Waals surface area contributed by atoms with Crippen molar-refractivity contribution in [3.8, 4) is 20.5 Å². The summed E-state index contributed by atoms with van der Waals surface area (Å²) in [4.78, 5) is 31.0. The lowest BCUT2D eigenvalue weighted by molar-refractivity contribution is 0.251. The molecule has 0 aliphatic carbocycles. The van der Waals surface area contributed by atoms with Crippen molar-refractivity contribution in [1.82, 2.24) is 20.1 Å². The number of benzene rings is 1. The number of carbonyl (C=O) groups excluding carboxylic acids is 1. The number of carbonyl (C=O) groups is 1. The molecule has 31 heavy (non-hydrogen) atoms. The fourth-order valence-electron chi connectivity index (χ4n) is 3.04. The number of anilines is 1. The molecule has 2 N–H and O–H groups in total. The number of aromatic nitrogens is 3. The third-order valence-electron chi connectivity index (χ3n) is 4.51. The molecule has 158 valence electrons. The van der Waals surface area contributed by atoms with Crippen LogP contribution in [0.2, 0.25) is 0 Å². The number of nitrogens with one attached hydrogen (secondary N) is 2. The fourth-order valence-corrected chi connectivity index (χ4v) is 4.87. The summed E-state index contributed by atoms with van der Waals surface area (Å²) in [7, 11) is 0. The van der Waals surface area contributed by atoms with E-state index in [2.05, 4.69) is 20.7 Å². The van der Waals surface area contributed by atoms with Crippen LogP contribution in [0.4, 0.5) is 10.5 Å². The number of thiophene rings is 1. The second-order valence-electron chi connectivity index (χ2n) is 6.94. The predicted octanol–water partition coefficient (Wildman–Crippen LogP) is 4.53. The Labute approximate surface area is 187 Å². The maximum atomic E-state index is 12.2. The van der Waals surface area contributed by atoms with Crippen LogP contribution < -0.4 is 16.2 Å². The van der Waals surface area contributed by atoms with Crippen LogP contribution in [-0.4, -0.2) is 27.3 Å². The van der Waals surface area contributed by atoms with Gasteiger partial charge in [0.2, 0.25) is 0 Å². The maximum Gasteiger partial charge on any atom is 0.319 e. The molecule has 0 radical (unpaired) electrons. The summed E-state index contributed by atoms with van der Waals surface area (Å²) >= 11 is 3.20. The van der Waals surface area contributed by atoms with Crippen molar-refractivity contribution < 1.29 is 4.79 Å². The number of rotatable bonds is 6. The Bertz CT molecular complexity index is 1260.